The van der Waals surface area contributed by atoms with Crippen LogP contribution in [0.2, 0.25) is 0 Å². The number of anilines is 2. The average molecular weight is 574 g/mol. The molecule has 39 heavy (non-hydrogen) atoms. The number of ether oxygens (including phenoxy) is 1. The number of hydrogen-bond donors (Lipinski definition) is 3. The van der Waals surface area contributed by atoms with Gasteiger partial charge < -0.3 is 20.3 Å². The fraction of sp³-hybridized carbons (Fsp3) is 0.370. The maximum absolute atomic E-state index is 12.5. The predicted molar refractivity (Wildman–Crippen MR) is 156 cm³/mol. The van der Waals surface area contributed by atoms with Crippen molar-refractivity contribution in [2.75, 3.05) is 49.7 Å². The number of aromatic nitrogens is 1. The maximum atomic E-state index is 12.5. The van der Waals surface area contributed by atoms with Gasteiger partial charge in [-0.25, -0.2) is 13.4 Å². The van der Waals surface area contributed by atoms with Crippen molar-refractivity contribution in [3.05, 3.63) is 59.5 Å². The largest absolute Gasteiger partial charge is 0.497 e. The van der Waals surface area contributed by atoms with Crippen LogP contribution in [-0.4, -0.2) is 65.3 Å². The van der Waals surface area contributed by atoms with Crippen molar-refractivity contribution in [3.8, 4) is 17.0 Å². The average Bonchev–Trinajstić information content (AvgIpc) is 3.40. The highest BCUT2D eigenvalue weighted by Crippen LogP contribution is 2.26. The van der Waals surface area contributed by atoms with Crippen LogP contribution in [0.25, 0.3) is 11.3 Å². The molecule has 3 aromatic rings. The standard InChI is InChI=1S/C27H35N5O5S2/c1-19(17-25(33)28-15-16-39(35,36)31-22-9-11-23(37-4)12-10-22)13-14-29-26(34)21-7-5-20(6-8-21)24-18-38-27(30-24)32(2)3/h5-12,18-19,31H,13-17H2,1-4H3,(H,28,33)(H,29,34). The lowest BCUT2D eigenvalue weighted by atomic mass is 10.0. The zero-order valence-electron chi connectivity index (χ0n) is 22.6. The van der Waals surface area contributed by atoms with Crippen LogP contribution >= 0.6 is 11.3 Å². The van der Waals surface area contributed by atoms with Crippen LogP contribution < -0.4 is 25.0 Å². The molecule has 10 nitrogen and oxygen atoms in total. The molecule has 0 aliphatic rings. The Hall–Kier alpha value is -3.64. The fourth-order valence-corrected chi connectivity index (χ4v) is 5.37. The number of methoxy groups -OCH3 is 1. The first-order chi connectivity index (χ1) is 18.6. The van der Waals surface area contributed by atoms with E-state index in [2.05, 4.69) is 20.3 Å². The van der Waals surface area contributed by atoms with Crippen LogP contribution in [0.4, 0.5) is 10.8 Å². The van der Waals surface area contributed by atoms with Crippen LogP contribution in [0.15, 0.2) is 53.9 Å². The second-order valence-corrected chi connectivity index (χ2v) is 12.0. The predicted octanol–water partition coefficient (Wildman–Crippen LogP) is 3.59. The van der Waals surface area contributed by atoms with Gasteiger partial charge in [0.05, 0.1) is 18.6 Å². The second-order valence-electron chi connectivity index (χ2n) is 9.34. The molecular weight excluding hydrogens is 538 g/mol. The van der Waals surface area contributed by atoms with E-state index in [1.165, 1.54) is 7.11 Å². The van der Waals surface area contributed by atoms with Gasteiger partial charge in [-0.2, -0.15) is 0 Å². The van der Waals surface area contributed by atoms with Gasteiger partial charge in [0.15, 0.2) is 5.13 Å². The Morgan fingerprint density at radius 3 is 2.33 bits per heavy atom. The summed E-state index contributed by atoms with van der Waals surface area (Å²) in [4.78, 5) is 31.3. The van der Waals surface area contributed by atoms with Crippen molar-refractivity contribution >= 4 is 44.0 Å². The summed E-state index contributed by atoms with van der Waals surface area (Å²) in [6.07, 6.45) is 0.847. The summed E-state index contributed by atoms with van der Waals surface area (Å²) < 4.78 is 32.0. The van der Waals surface area contributed by atoms with Gasteiger partial charge in [0, 0.05) is 55.8 Å². The molecule has 2 amide bonds. The van der Waals surface area contributed by atoms with Crippen molar-refractivity contribution < 1.29 is 22.7 Å². The zero-order valence-corrected chi connectivity index (χ0v) is 24.2. The SMILES string of the molecule is COc1ccc(NS(=O)(=O)CCNC(=O)CC(C)CCNC(=O)c2ccc(-c3csc(N(C)C)n3)cc2)cc1. The van der Waals surface area contributed by atoms with Gasteiger partial charge in [0.25, 0.3) is 5.91 Å². The monoisotopic (exact) mass is 573 g/mol. The van der Waals surface area contributed by atoms with Crippen molar-refractivity contribution in [3.63, 3.8) is 0 Å². The van der Waals surface area contributed by atoms with Gasteiger partial charge in [-0.3, -0.25) is 14.3 Å². The number of nitrogens with zero attached hydrogens (tertiary/aromatic N) is 2. The van der Waals surface area contributed by atoms with E-state index in [4.69, 9.17) is 4.74 Å². The number of rotatable bonds is 14. The third kappa shape index (κ3) is 9.56. The minimum Gasteiger partial charge on any atom is -0.497 e. The smallest absolute Gasteiger partial charge is 0.251 e. The third-order valence-electron chi connectivity index (χ3n) is 5.83. The Labute approximate surface area is 233 Å². The van der Waals surface area contributed by atoms with E-state index in [1.807, 2.05) is 43.4 Å². The molecule has 12 heteroatoms. The number of carbonyl (C=O) groups excluding carboxylic acids is 2. The van der Waals surface area contributed by atoms with E-state index in [9.17, 15) is 18.0 Å². The van der Waals surface area contributed by atoms with Gasteiger partial charge in [0.2, 0.25) is 15.9 Å². The maximum Gasteiger partial charge on any atom is 0.251 e. The van der Waals surface area contributed by atoms with Gasteiger partial charge >= 0.3 is 0 Å². The van der Waals surface area contributed by atoms with Crippen molar-refractivity contribution in [1.29, 1.82) is 0 Å². The van der Waals surface area contributed by atoms with Crippen LogP contribution in [0.1, 0.15) is 30.1 Å². The van der Waals surface area contributed by atoms with E-state index in [0.717, 1.165) is 16.4 Å². The minimum atomic E-state index is -3.61. The van der Waals surface area contributed by atoms with Crippen LogP contribution in [0, 0.1) is 5.92 Å². The molecule has 3 N–H and O–H groups in total. The molecule has 0 aliphatic carbocycles. The third-order valence-corrected chi connectivity index (χ3v) is 8.13. The van der Waals surface area contributed by atoms with Crippen molar-refractivity contribution in [2.24, 2.45) is 5.92 Å². The summed E-state index contributed by atoms with van der Waals surface area (Å²) in [5.41, 5.74) is 2.79. The molecule has 1 heterocycles. The Morgan fingerprint density at radius 2 is 1.72 bits per heavy atom. The molecule has 1 aromatic heterocycles. The van der Waals surface area contributed by atoms with E-state index in [-0.39, 0.29) is 36.5 Å². The second kappa shape index (κ2) is 13.9. The fourth-order valence-electron chi connectivity index (χ4n) is 3.63. The van der Waals surface area contributed by atoms with Crippen LogP contribution in [0.3, 0.4) is 0 Å². The van der Waals surface area contributed by atoms with Crippen molar-refractivity contribution in [1.82, 2.24) is 15.6 Å². The van der Waals surface area contributed by atoms with E-state index in [1.54, 1.807) is 47.7 Å². The molecule has 0 spiro atoms. The first-order valence-corrected chi connectivity index (χ1v) is 15.0. The number of carbonyl (C=O) groups is 2. The molecule has 0 radical (unpaired) electrons. The van der Waals surface area contributed by atoms with Gasteiger partial charge in [-0.1, -0.05) is 19.1 Å². The van der Waals surface area contributed by atoms with E-state index >= 15 is 0 Å². The van der Waals surface area contributed by atoms with E-state index < -0.39 is 10.0 Å². The molecule has 1 unspecified atom stereocenters. The zero-order chi connectivity index (χ0) is 28.4. The Morgan fingerprint density at radius 1 is 1.03 bits per heavy atom. The quantitative estimate of drug-likeness (QED) is 0.269. The lowest BCUT2D eigenvalue weighted by Crippen LogP contribution is -2.32. The molecule has 0 saturated carbocycles. The minimum absolute atomic E-state index is 0.00112. The number of benzene rings is 2. The Balaban J connectivity index is 1.34. The summed E-state index contributed by atoms with van der Waals surface area (Å²) >= 11 is 1.56. The summed E-state index contributed by atoms with van der Waals surface area (Å²) in [5, 5.41) is 8.45. The van der Waals surface area contributed by atoms with E-state index in [0.29, 0.717) is 30.0 Å². The molecule has 210 valence electrons. The number of sulfonamides is 1. The van der Waals surface area contributed by atoms with Crippen LogP contribution in [0.5, 0.6) is 5.75 Å². The Bertz CT molecular complexity index is 1340. The summed E-state index contributed by atoms with van der Waals surface area (Å²) in [6, 6.07) is 13.8. The van der Waals surface area contributed by atoms with Gasteiger partial charge in [0.1, 0.15) is 5.75 Å². The Kier molecular flexibility index (Phi) is 10.7. The molecule has 0 fully saturated rings. The van der Waals surface area contributed by atoms with Gasteiger partial charge in [-0.15, -0.1) is 11.3 Å². The number of hydrogen-bond acceptors (Lipinski definition) is 8. The normalized spacial score (nSPS) is 11.9. The molecule has 0 saturated heterocycles. The van der Waals surface area contributed by atoms with Crippen LogP contribution in [-0.2, 0) is 14.8 Å². The molecule has 0 bridgehead atoms. The molecular formula is C27H35N5O5S2. The lowest BCUT2D eigenvalue weighted by molar-refractivity contribution is -0.121. The number of amides is 2. The highest BCUT2D eigenvalue weighted by Gasteiger charge is 2.14. The summed E-state index contributed by atoms with van der Waals surface area (Å²) in [7, 11) is 1.81. The molecule has 1 atom stereocenters. The summed E-state index contributed by atoms with van der Waals surface area (Å²) in [5.74, 6) is -0.0207. The molecule has 0 aliphatic heterocycles. The van der Waals surface area contributed by atoms with Crippen molar-refractivity contribution in [2.45, 2.75) is 19.8 Å². The lowest BCUT2D eigenvalue weighted by Gasteiger charge is -2.13. The molecule has 2 aromatic carbocycles. The first-order valence-electron chi connectivity index (χ1n) is 12.5. The number of thiazole rings is 1. The molecule has 3 rings (SSSR count). The van der Waals surface area contributed by atoms with Gasteiger partial charge in [-0.05, 0) is 48.7 Å². The number of nitrogens with one attached hydrogen (secondary N) is 3. The topological polar surface area (TPSA) is 130 Å². The highest BCUT2D eigenvalue weighted by atomic mass is 32.2. The first kappa shape index (κ1) is 29.9. The highest BCUT2D eigenvalue weighted by molar-refractivity contribution is 7.92. The summed E-state index contributed by atoms with van der Waals surface area (Å²) in [6.45, 7) is 2.34.